The number of piperidine rings is 1. The summed E-state index contributed by atoms with van der Waals surface area (Å²) >= 11 is 5.85. The van der Waals surface area contributed by atoms with Crippen molar-refractivity contribution in [2.45, 2.75) is 52.1 Å². The molecule has 0 aliphatic carbocycles. The summed E-state index contributed by atoms with van der Waals surface area (Å²) in [5.41, 5.74) is 2.46. The standard InChI is InChI=1S/C21H36N4S/c1-6-18-8-7-9-19(16-18)22-21(26)25(15-14-23(4)5)20-10-12-24(13-11-20)17(2)3/h7-9,16-17,20H,6,10-15H2,1-5H3,(H,22,26)/p+2. The highest BCUT2D eigenvalue weighted by molar-refractivity contribution is 7.80. The van der Waals surface area contributed by atoms with Crippen molar-refractivity contribution < 1.29 is 9.80 Å². The van der Waals surface area contributed by atoms with Crippen LogP contribution >= 0.6 is 12.2 Å². The lowest BCUT2D eigenvalue weighted by molar-refractivity contribution is -0.926. The minimum atomic E-state index is 0.561. The average molecular weight is 379 g/mol. The van der Waals surface area contributed by atoms with Gasteiger partial charge in [0.2, 0.25) is 0 Å². The third-order valence-electron chi connectivity index (χ3n) is 5.55. The highest BCUT2D eigenvalue weighted by Crippen LogP contribution is 2.15. The first-order valence-electron chi connectivity index (χ1n) is 10.2. The summed E-state index contributed by atoms with van der Waals surface area (Å²) in [5, 5.41) is 4.40. The van der Waals surface area contributed by atoms with Crippen LogP contribution in [-0.2, 0) is 6.42 Å². The number of anilines is 1. The van der Waals surface area contributed by atoms with Gasteiger partial charge in [0, 0.05) is 24.6 Å². The molecule has 1 fully saturated rings. The summed E-state index contributed by atoms with van der Waals surface area (Å²) in [6.07, 6.45) is 3.51. The molecule has 1 saturated heterocycles. The third kappa shape index (κ3) is 6.22. The Bertz CT molecular complexity index is 565. The van der Waals surface area contributed by atoms with E-state index in [1.54, 1.807) is 4.90 Å². The van der Waals surface area contributed by atoms with Crippen LogP contribution in [-0.4, -0.2) is 62.4 Å². The molecule has 1 aromatic carbocycles. The van der Waals surface area contributed by atoms with Crippen LogP contribution in [0.5, 0.6) is 0 Å². The first-order valence-corrected chi connectivity index (χ1v) is 10.6. The Labute approximate surface area is 165 Å². The molecule has 1 aromatic rings. The summed E-state index contributed by atoms with van der Waals surface area (Å²) in [6.45, 7) is 11.5. The van der Waals surface area contributed by atoms with E-state index in [1.807, 2.05) is 0 Å². The number of quaternary nitrogens is 2. The zero-order valence-corrected chi connectivity index (χ0v) is 18.1. The maximum atomic E-state index is 5.85. The van der Waals surface area contributed by atoms with Crippen LogP contribution < -0.4 is 15.1 Å². The van der Waals surface area contributed by atoms with Crippen molar-refractivity contribution in [1.82, 2.24) is 4.90 Å². The molecule has 0 amide bonds. The predicted octanol–water partition coefficient (Wildman–Crippen LogP) is 0.848. The quantitative estimate of drug-likeness (QED) is 0.613. The molecule has 1 heterocycles. The zero-order valence-electron chi connectivity index (χ0n) is 17.3. The van der Waals surface area contributed by atoms with Crippen molar-refractivity contribution in [2.75, 3.05) is 45.6 Å². The van der Waals surface area contributed by atoms with Crippen molar-refractivity contribution in [3.05, 3.63) is 29.8 Å². The Morgan fingerprint density at radius 3 is 2.58 bits per heavy atom. The zero-order chi connectivity index (χ0) is 19.1. The van der Waals surface area contributed by atoms with Gasteiger partial charge in [0.1, 0.15) is 0 Å². The van der Waals surface area contributed by atoms with E-state index >= 15 is 0 Å². The molecule has 0 saturated carbocycles. The maximum absolute atomic E-state index is 5.85. The number of nitrogens with one attached hydrogen (secondary N) is 3. The molecule has 0 aromatic heterocycles. The first kappa shape index (κ1) is 21.1. The summed E-state index contributed by atoms with van der Waals surface area (Å²) in [4.78, 5) is 5.66. The average Bonchev–Trinajstić information content (AvgIpc) is 2.62. The lowest BCUT2D eigenvalue weighted by atomic mass is 10.0. The molecule has 3 N–H and O–H groups in total. The minimum Gasteiger partial charge on any atom is -0.340 e. The van der Waals surface area contributed by atoms with Gasteiger partial charge in [0.25, 0.3) is 0 Å². The molecule has 1 aliphatic heterocycles. The Balaban J connectivity index is 2.04. The van der Waals surface area contributed by atoms with Crippen LogP contribution in [0.15, 0.2) is 24.3 Å². The fraction of sp³-hybridized carbons (Fsp3) is 0.667. The van der Waals surface area contributed by atoms with Crippen LogP contribution in [0.25, 0.3) is 0 Å². The summed E-state index contributed by atoms with van der Waals surface area (Å²) in [5.74, 6) is 0. The fourth-order valence-electron chi connectivity index (χ4n) is 3.72. The van der Waals surface area contributed by atoms with Gasteiger partial charge in [-0.25, -0.2) is 0 Å². The van der Waals surface area contributed by atoms with E-state index in [9.17, 15) is 0 Å². The topological polar surface area (TPSA) is 24.2 Å². The van der Waals surface area contributed by atoms with Gasteiger partial charge in [-0.2, -0.15) is 0 Å². The second kappa shape index (κ2) is 10.2. The van der Waals surface area contributed by atoms with Gasteiger partial charge < -0.3 is 20.0 Å². The number of benzene rings is 1. The van der Waals surface area contributed by atoms with Gasteiger partial charge >= 0.3 is 0 Å². The van der Waals surface area contributed by atoms with E-state index in [-0.39, 0.29) is 0 Å². The lowest BCUT2D eigenvalue weighted by Crippen LogP contribution is -3.16. The highest BCUT2D eigenvalue weighted by atomic mass is 32.1. The van der Waals surface area contributed by atoms with Gasteiger partial charge in [0.15, 0.2) is 5.11 Å². The lowest BCUT2D eigenvalue weighted by Gasteiger charge is -2.39. The number of nitrogens with zero attached hydrogens (tertiary/aromatic N) is 1. The monoisotopic (exact) mass is 378 g/mol. The predicted molar refractivity (Wildman–Crippen MR) is 115 cm³/mol. The van der Waals surface area contributed by atoms with Crippen molar-refractivity contribution in [1.29, 1.82) is 0 Å². The fourth-order valence-corrected chi connectivity index (χ4v) is 4.08. The summed E-state index contributed by atoms with van der Waals surface area (Å²) in [7, 11) is 4.43. The number of rotatable bonds is 7. The van der Waals surface area contributed by atoms with Crippen LogP contribution in [0, 0.1) is 0 Å². The molecule has 0 atom stereocenters. The Morgan fingerprint density at radius 2 is 2.00 bits per heavy atom. The molecule has 2 rings (SSSR count). The van der Waals surface area contributed by atoms with Crippen LogP contribution in [0.2, 0.25) is 0 Å². The summed E-state index contributed by atoms with van der Waals surface area (Å²) < 4.78 is 0. The van der Waals surface area contributed by atoms with Crippen molar-refractivity contribution in [2.24, 2.45) is 0 Å². The number of hydrogen-bond donors (Lipinski definition) is 3. The van der Waals surface area contributed by atoms with Gasteiger partial charge in [-0.1, -0.05) is 19.1 Å². The highest BCUT2D eigenvalue weighted by Gasteiger charge is 2.29. The molecule has 0 radical (unpaired) electrons. The van der Waals surface area contributed by atoms with E-state index in [2.05, 4.69) is 69.3 Å². The van der Waals surface area contributed by atoms with Crippen molar-refractivity contribution in [3.63, 3.8) is 0 Å². The van der Waals surface area contributed by atoms with E-state index in [4.69, 9.17) is 12.2 Å². The Hall–Kier alpha value is -1.17. The largest absolute Gasteiger partial charge is 0.340 e. The molecule has 26 heavy (non-hydrogen) atoms. The second-order valence-corrected chi connectivity index (χ2v) is 8.57. The number of thiocarbonyl (C=S) groups is 1. The molecule has 1 aliphatic rings. The molecular weight excluding hydrogens is 340 g/mol. The Kier molecular flexibility index (Phi) is 8.32. The molecular formula is C21H38N4S+2. The van der Waals surface area contributed by atoms with E-state index in [1.165, 1.54) is 36.4 Å². The van der Waals surface area contributed by atoms with Crippen LogP contribution in [0.4, 0.5) is 5.69 Å². The molecule has 4 nitrogen and oxygen atoms in total. The number of hydrogen-bond acceptors (Lipinski definition) is 1. The maximum Gasteiger partial charge on any atom is 0.173 e. The molecule has 0 unspecified atom stereocenters. The van der Waals surface area contributed by atoms with Crippen molar-refractivity contribution in [3.8, 4) is 0 Å². The first-order chi connectivity index (χ1) is 12.4. The van der Waals surface area contributed by atoms with Crippen LogP contribution in [0.3, 0.4) is 0 Å². The smallest absolute Gasteiger partial charge is 0.173 e. The number of likely N-dealkylation sites (N-methyl/N-ethyl adjacent to an activating group) is 1. The van der Waals surface area contributed by atoms with Gasteiger partial charge in [0.05, 0.1) is 46.3 Å². The number of likely N-dealkylation sites (tertiary alicyclic amines) is 1. The third-order valence-corrected chi connectivity index (χ3v) is 5.89. The van der Waals surface area contributed by atoms with Gasteiger partial charge in [-0.15, -0.1) is 0 Å². The van der Waals surface area contributed by atoms with E-state index in [0.717, 1.165) is 36.4 Å². The summed E-state index contributed by atoms with van der Waals surface area (Å²) in [6, 6.07) is 9.90. The number of aryl methyl sites for hydroxylation is 1. The van der Waals surface area contributed by atoms with Crippen LogP contribution in [0.1, 0.15) is 39.2 Å². The SMILES string of the molecule is CCc1cccc(NC(=S)N(CC[NH+](C)C)C2CC[NH+](C(C)C)CC2)c1. The molecule has 0 bridgehead atoms. The van der Waals surface area contributed by atoms with E-state index < -0.39 is 0 Å². The van der Waals surface area contributed by atoms with Crippen molar-refractivity contribution >= 4 is 23.0 Å². The minimum absolute atomic E-state index is 0.561. The second-order valence-electron chi connectivity index (χ2n) is 8.18. The molecule has 146 valence electrons. The Morgan fingerprint density at radius 1 is 1.31 bits per heavy atom. The molecule has 0 spiro atoms. The van der Waals surface area contributed by atoms with E-state index in [0.29, 0.717) is 6.04 Å². The van der Waals surface area contributed by atoms with Gasteiger partial charge in [-0.05, 0) is 50.2 Å². The molecule has 5 heteroatoms. The normalized spacial score (nSPS) is 20.4. The van der Waals surface area contributed by atoms with Gasteiger partial charge in [-0.3, -0.25) is 0 Å².